The average Bonchev–Trinajstić information content (AvgIpc) is 2.27. The number of benzene rings is 1. The standard InChI is InChI=1S/C13H16O5S/c1-8-3-4-11(5-9(8)2)19(17,18)13(12(15)16)6-10(14)7-13/h3-5,10,14H,6-7H2,1-2H3,(H,15,16). The fourth-order valence-corrected chi connectivity index (χ4v) is 4.40. The second kappa shape index (κ2) is 4.31. The van der Waals surface area contributed by atoms with Gasteiger partial charge in [-0.2, -0.15) is 0 Å². The Hall–Kier alpha value is -1.40. The molecule has 0 amide bonds. The maximum atomic E-state index is 12.5. The topological polar surface area (TPSA) is 91.7 Å². The summed E-state index contributed by atoms with van der Waals surface area (Å²) in [6.45, 7) is 3.63. The molecule has 0 spiro atoms. The fraction of sp³-hybridized carbons (Fsp3) is 0.462. The molecule has 1 fully saturated rings. The Kier molecular flexibility index (Phi) is 3.18. The molecule has 6 heteroatoms. The first kappa shape index (κ1) is 14.0. The van der Waals surface area contributed by atoms with Crippen molar-refractivity contribution in [3.8, 4) is 0 Å². The molecule has 0 saturated heterocycles. The van der Waals surface area contributed by atoms with Gasteiger partial charge in [-0.1, -0.05) is 6.07 Å². The van der Waals surface area contributed by atoms with E-state index in [9.17, 15) is 23.4 Å². The molecule has 1 aliphatic rings. The zero-order chi connectivity index (χ0) is 14.4. The third-order valence-corrected chi connectivity index (χ3v) is 6.23. The van der Waals surface area contributed by atoms with E-state index in [-0.39, 0.29) is 17.7 Å². The molecule has 0 aliphatic heterocycles. The molecule has 0 unspecified atom stereocenters. The number of hydrogen-bond donors (Lipinski definition) is 2. The van der Waals surface area contributed by atoms with Crippen molar-refractivity contribution in [3.63, 3.8) is 0 Å². The lowest BCUT2D eigenvalue weighted by molar-refractivity contribution is -0.146. The summed E-state index contributed by atoms with van der Waals surface area (Å²) in [5.74, 6) is -1.39. The predicted octanol–water partition coefficient (Wildman–Crippen LogP) is 1.06. The summed E-state index contributed by atoms with van der Waals surface area (Å²) in [7, 11) is -3.99. The Morgan fingerprint density at radius 1 is 1.26 bits per heavy atom. The van der Waals surface area contributed by atoms with Gasteiger partial charge < -0.3 is 10.2 Å². The number of aryl methyl sites for hydroxylation is 2. The summed E-state index contributed by atoms with van der Waals surface area (Å²) < 4.78 is 23.1. The van der Waals surface area contributed by atoms with Gasteiger partial charge in [0.2, 0.25) is 0 Å². The minimum Gasteiger partial charge on any atom is -0.480 e. The molecule has 0 aromatic heterocycles. The highest BCUT2D eigenvalue weighted by atomic mass is 32.2. The van der Waals surface area contributed by atoms with E-state index in [1.165, 1.54) is 12.1 Å². The molecule has 1 aromatic rings. The summed E-state index contributed by atoms with van der Waals surface area (Å²) >= 11 is 0. The summed E-state index contributed by atoms with van der Waals surface area (Å²) in [6.07, 6.45) is -1.37. The minimum absolute atomic E-state index is 0.00454. The van der Waals surface area contributed by atoms with Gasteiger partial charge in [-0.15, -0.1) is 0 Å². The fourth-order valence-electron chi connectivity index (χ4n) is 2.32. The first-order valence-electron chi connectivity index (χ1n) is 5.94. The number of hydrogen-bond acceptors (Lipinski definition) is 4. The first-order chi connectivity index (χ1) is 8.70. The molecule has 19 heavy (non-hydrogen) atoms. The Balaban J connectivity index is 2.53. The SMILES string of the molecule is Cc1ccc(S(=O)(=O)C2(C(=O)O)CC(O)C2)cc1C. The molecule has 2 N–H and O–H groups in total. The lowest BCUT2D eigenvalue weighted by Gasteiger charge is -2.40. The van der Waals surface area contributed by atoms with Crippen LogP contribution in [0.1, 0.15) is 24.0 Å². The molecule has 104 valence electrons. The van der Waals surface area contributed by atoms with Gasteiger partial charge in [0.15, 0.2) is 14.6 Å². The van der Waals surface area contributed by atoms with Crippen molar-refractivity contribution in [2.45, 2.75) is 42.4 Å². The van der Waals surface area contributed by atoms with Gasteiger partial charge in [-0.25, -0.2) is 8.42 Å². The van der Waals surface area contributed by atoms with Crippen LogP contribution in [-0.2, 0) is 14.6 Å². The van der Waals surface area contributed by atoms with Crippen LogP contribution in [-0.4, -0.2) is 35.5 Å². The van der Waals surface area contributed by atoms with E-state index in [2.05, 4.69) is 0 Å². The van der Waals surface area contributed by atoms with Crippen molar-refractivity contribution in [1.82, 2.24) is 0 Å². The highest BCUT2D eigenvalue weighted by Gasteiger charge is 2.60. The Morgan fingerprint density at radius 2 is 1.84 bits per heavy atom. The van der Waals surface area contributed by atoms with Crippen molar-refractivity contribution in [1.29, 1.82) is 0 Å². The molecular weight excluding hydrogens is 268 g/mol. The second-order valence-electron chi connectivity index (χ2n) is 5.11. The predicted molar refractivity (Wildman–Crippen MR) is 68.7 cm³/mol. The molecule has 2 rings (SSSR count). The van der Waals surface area contributed by atoms with Crippen LogP contribution in [0, 0.1) is 13.8 Å². The van der Waals surface area contributed by atoms with E-state index in [1.54, 1.807) is 13.0 Å². The third-order valence-electron chi connectivity index (χ3n) is 3.82. The van der Waals surface area contributed by atoms with Crippen LogP contribution in [0.4, 0.5) is 0 Å². The highest BCUT2D eigenvalue weighted by Crippen LogP contribution is 2.43. The van der Waals surface area contributed by atoms with Crippen molar-refractivity contribution < 1.29 is 23.4 Å². The van der Waals surface area contributed by atoms with E-state index in [0.29, 0.717) is 0 Å². The smallest absolute Gasteiger partial charge is 0.325 e. The van der Waals surface area contributed by atoms with Gasteiger partial charge in [-0.05, 0) is 37.1 Å². The van der Waals surface area contributed by atoms with E-state index in [1.807, 2.05) is 6.92 Å². The summed E-state index contributed by atoms with van der Waals surface area (Å²) in [5, 5.41) is 18.5. The summed E-state index contributed by atoms with van der Waals surface area (Å²) in [6, 6.07) is 4.57. The highest BCUT2D eigenvalue weighted by molar-refractivity contribution is 7.93. The number of carboxylic acid groups (broad SMARTS) is 1. The molecular formula is C13H16O5S. The van der Waals surface area contributed by atoms with E-state index in [0.717, 1.165) is 11.1 Å². The Morgan fingerprint density at radius 3 is 2.26 bits per heavy atom. The third kappa shape index (κ3) is 1.95. The molecule has 5 nitrogen and oxygen atoms in total. The molecule has 0 atom stereocenters. The number of carboxylic acids is 1. The zero-order valence-electron chi connectivity index (χ0n) is 10.8. The number of aliphatic hydroxyl groups excluding tert-OH is 1. The average molecular weight is 284 g/mol. The van der Waals surface area contributed by atoms with Gasteiger partial charge in [-0.3, -0.25) is 4.79 Å². The maximum absolute atomic E-state index is 12.5. The molecule has 1 saturated carbocycles. The van der Waals surface area contributed by atoms with Gasteiger partial charge in [0.25, 0.3) is 0 Å². The number of aliphatic hydroxyl groups is 1. The van der Waals surface area contributed by atoms with Crippen molar-refractivity contribution in [2.24, 2.45) is 0 Å². The second-order valence-corrected chi connectivity index (χ2v) is 7.37. The first-order valence-corrected chi connectivity index (χ1v) is 7.42. The lowest BCUT2D eigenvalue weighted by atomic mass is 9.81. The summed E-state index contributed by atoms with van der Waals surface area (Å²) in [4.78, 5) is 11.3. The normalized spacial score (nSPS) is 26.8. The van der Waals surface area contributed by atoms with Crippen molar-refractivity contribution >= 4 is 15.8 Å². The van der Waals surface area contributed by atoms with Gasteiger partial charge in [0.1, 0.15) is 0 Å². The molecule has 0 radical (unpaired) electrons. The lowest BCUT2D eigenvalue weighted by Crippen LogP contribution is -2.58. The van der Waals surface area contributed by atoms with Gasteiger partial charge >= 0.3 is 5.97 Å². The minimum atomic E-state index is -3.99. The van der Waals surface area contributed by atoms with Crippen LogP contribution in [0.5, 0.6) is 0 Å². The van der Waals surface area contributed by atoms with Crippen LogP contribution in [0.25, 0.3) is 0 Å². The van der Waals surface area contributed by atoms with Crippen molar-refractivity contribution in [3.05, 3.63) is 29.3 Å². The maximum Gasteiger partial charge on any atom is 0.325 e. The Bertz CT molecular complexity index is 626. The van der Waals surface area contributed by atoms with Crippen LogP contribution in [0.2, 0.25) is 0 Å². The van der Waals surface area contributed by atoms with Crippen LogP contribution in [0.15, 0.2) is 23.1 Å². The van der Waals surface area contributed by atoms with E-state index >= 15 is 0 Å². The molecule has 0 bridgehead atoms. The van der Waals surface area contributed by atoms with E-state index < -0.39 is 26.7 Å². The number of rotatable bonds is 3. The van der Waals surface area contributed by atoms with Gasteiger partial charge in [0.05, 0.1) is 11.0 Å². The zero-order valence-corrected chi connectivity index (χ0v) is 11.6. The Labute approximate surface area is 111 Å². The van der Waals surface area contributed by atoms with Gasteiger partial charge in [0, 0.05) is 12.8 Å². The van der Waals surface area contributed by atoms with Crippen LogP contribution in [0.3, 0.4) is 0 Å². The van der Waals surface area contributed by atoms with Crippen LogP contribution < -0.4 is 0 Å². The monoisotopic (exact) mass is 284 g/mol. The molecule has 0 heterocycles. The van der Waals surface area contributed by atoms with Crippen molar-refractivity contribution in [2.75, 3.05) is 0 Å². The number of carbonyl (C=O) groups is 1. The summed E-state index contributed by atoms with van der Waals surface area (Å²) in [5.41, 5.74) is 1.73. The number of sulfone groups is 1. The largest absolute Gasteiger partial charge is 0.480 e. The van der Waals surface area contributed by atoms with E-state index in [4.69, 9.17) is 0 Å². The quantitative estimate of drug-likeness (QED) is 0.865. The van der Waals surface area contributed by atoms with Crippen LogP contribution >= 0.6 is 0 Å². The number of aliphatic carboxylic acids is 1. The molecule has 1 aromatic carbocycles. The molecule has 1 aliphatic carbocycles.